The Hall–Kier alpha value is -2.67. The van der Waals surface area contributed by atoms with Crippen molar-refractivity contribution in [3.05, 3.63) is 72.8 Å². The molecule has 128 valence electrons. The van der Waals surface area contributed by atoms with Gasteiger partial charge in [-0.15, -0.1) is 0 Å². The Morgan fingerprint density at radius 2 is 1.96 bits per heavy atom. The third kappa shape index (κ3) is 3.28. The Balaban J connectivity index is 2.00. The maximum Gasteiger partial charge on any atom is 0.328 e. The number of hydrogen-bond donors (Lipinski definition) is 2. The van der Waals surface area contributed by atoms with E-state index in [4.69, 9.17) is 0 Å². The molecule has 25 heavy (non-hydrogen) atoms. The number of aromatic amines is 1. The van der Waals surface area contributed by atoms with E-state index in [1.54, 1.807) is 25.1 Å². The van der Waals surface area contributed by atoms with Crippen LogP contribution in [0.1, 0.15) is 22.8 Å². The highest BCUT2D eigenvalue weighted by atomic mass is 79.9. The highest BCUT2D eigenvalue weighted by Crippen LogP contribution is 2.21. The van der Waals surface area contributed by atoms with Gasteiger partial charge in [-0.2, -0.15) is 0 Å². The molecule has 3 rings (SSSR count). The van der Waals surface area contributed by atoms with Crippen LogP contribution < -0.4 is 16.6 Å². The van der Waals surface area contributed by atoms with Gasteiger partial charge in [0, 0.05) is 22.3 Å². The Kier molecular flexibility index (Phi) is 4.59. The number of aryl methyl sites for hydroxylation is 1. The fraction of sp³-hybridized carbons (Fsp3) is 0.167. The van der Waals surface area contributed by atoms with E-state index in [2.05, 4.69) is 26.2 Å². The number of fused-ring (bicyclic) bond motifs is 1. The van der Waals surface area contributed by atoms with Gasteiger partial charge in [0.05, 0.1) is 10.9 Å². The molecule has 0 aliphatic heterocycles. The number of halogens is 1. The second-order valence-electron chi connectivity index (χ2n) is 5.65. The quantitative estimate of drug-likeness (QED) is 0.707. The average molecular weight is 402 g/mol. The van der Waals surface area contributed by atoms with Crippen LogP contribution in [-0.2, 0) is 6.54 Å². The first kappa shape index (κ1) is 17.2. The summed E-state index contributed by atoms with van der Waals surface area (Å²) < 4.78 is 2.05. The second-order valence-corrected chi connectivity index (χ2v) is 6.57. The van der Waals surface area contributed by atoms with Crippen molar-refractivity contribution in [2.24, 2.45) is 0 Å². The van der Waals surface area contributed by atoms with Crippen molar-refractivity contribution >= 4 is 38.4 Å². The van der Waals surface area contributed by atoms with E-state index in [0.717, 1.165) is 14.6 Å². The highest BCUT2D eigenvalue weighted by Gasteiger charge is 2.12. The number of anilines is 1. The number of nitrogens with one attached hydrogen (secondary N) is 2. The van der Waals surface area contributed by atoms with Crippen LogP contribution in [0.3, 0.4) is 0 Å². The zero-order valence-electron chi connectivity index (χ0n) is 13.7. The van der Waals surface area contributed by atoms with Crippen LogP contribution in [0.15, 0.2) is 50.5 Å². The van der Waals surface area contributed by atoms with Crippen molar-refractivity contribution in [2.75, 3.05) is 5.32 Å². The van der Waals surface area contributed by atoms with E-state index < -0.39 is 5.69 Å². The molecule has 0 saturated heterocycles. The van der Waals surface area contributed by atoms with E-state index in [-0.39, 0.29) is 18.0 Å². The molecular formula is C18H16BrN3O3. The number of rotatable bonds is 3. The van der Waals surface area contributed by atoms with Crippen LogP contribution in [0.4, 0.5) is 5.69 Å². The van der Waals surface area contributed by atoms with E-state index in [9.17, 15) is 14.4 Å². The first-order valence-corrected chi connectivity index (χ1v) is 8.54. The zero-order chi connectivity index (χ0) is 18.1. The summed E-state index contributed by atoms with van der Waals surface area (Å²) in [6, 6.07) is 10.2. The van der Waals surface area contributed by atoms with Crippen molar-refractivity contribution < 1.29 is 4.79 Å². The monoisotopic (exact) mass is 401 g/mol. The minimum atomic E-state index is -0.485. The first-order valence-electron chi connectivity index (χ1n) is 7.75. The molecule has 1 heterocycles. The normalized spacial score (nSPS) is 10.8. The van der Waals surface area contributed by atoms with Gasteiger partial charge in [-0.1, -0.05) is 15.9 Å². The molecule has 6 nitrogen and oxygen atoms in total. The topological polar surface area (TPSA) is 84.0 Å². The van der Waals surface area contributed by atoms with Gasteiger partial charge in [-0.05, 0) is 55.8 Å². The molecule has 0 radical (unpaired) electrons. The molecule has 3 aromatic rings. The van der Waals surface area contributed by atoms with Crippen molar-refractivity contribution in [3.63, 3.8) is 0 Å². The molecule has 2 N–H and O–H groups in total. The number of hydrogen-bond acceptors (Lipinski definition) is 3. The molecule has 0 spiro atoms. The van der Waals surface area contributed by atoms with E-state index in [1.165, 1.54) is 6.07 Å². The van der Waals surface area contributed by atoms with Crippen LogP contribution in [-0.4, -0.2) is 15.5 Å². The number of aromatic nitrogens is 2. The van der Waals surface area contributed by atoms with Gasteiger partial charge in [-0.3, -0.25) is 14.2 Å². The van der Waals surface area contributed by atoms with Gasteiger partial charge in [0.25, 0.3) is 11.5 Å². The van der Waals surface area contributed by atoms with Crippen LogP contribution in [0.2, 0.25) is 0 Å². The molecular weight excluding hydrogens is 386 g/mol. The smallest absolute Gasteiger partial charge is 0.322 e. The summed E-state index contributed by atoms with van der Waals surface area (Å²) >= 11 is 3.38. The lowest BCUT2D eigenvalue weighted by Gasteiger charge is -2.10. The largest absolute Gasteiger partial charge is 0.328 e. The van der Waals surface area contributed by atoms with Crippen molar-refractivity contribution in [3.8, 4) is 0 Å². The van der Waals surface area contributed by atoms with Gasteiger partial charge >= 0.3 is 5.69 Å². The Morgan fingerprint density at radius 1 is 1.20 bits per heavy atom. The van der Waals surface area contributed by atoms with Crippen molar-refractivity contribution in [2.45, 2.75) is 20.4 Å². The Bertz CT molecular complexity index is 1100. The molecule has 7 heteroatoms. The Morgan fingerprint density at radius 3 is 2.64 bits per heavy atom. The predicted octanol–water partition coefficient (Wildman–Crippen LogP) is 3.03. The lowest BCUT2D eigenvalue weighted by Crippen LogP contribution is -2.34. The standard InChI is InChI=1S/C18H16BrN3O3/c1-3-22-17(24)13-6-4-11(9-15(13)21-18(22)25)16(23)20-14-7-5-12(19)8-10(14)2/h4-9H,3H2,1-2H3,(H,20,23)(H,21,25). The van der Waals surface area contributed by atoms with Crippen LogP contribution in [0.25, 0.3) is 10.9 Å². The van der Waals surface area contributed by atoms with E-state index in [0.29, 0.717) is 22.2 Å². The van der Waals surface area contributed by atoms with Gasteiger partial charge in [0.15, 0.2) is 0 Å². The minimum absolute atomic E-state index is 0.287. The predicted molar refractivity (Wildman–Crippen MR) is 101 cm³/mol. The summed E-state index contributed by atoms with van der Waals surface area (Å²) in [5, 5.41) is 3.21. The SMILES string of the molecule is CCn1c(=O)[nH]c2cc(C(=O)Nc3ccc(Br)cc3C)ccc2c1=O. The third-order valence-corrected chi connectivity index (χ3v) is 4.49. The number of carbonyl (C=O) groups excluding carboxylic acids is 1. The molecule has 0 fully saturated rings. The fourth-order valence-electron chi connectivity index (χ4n) is 2.64. The van der Waals surface area contributed by atoms with Crippen LogP contribution in [0, 0.1) is 6.92 Å². The number of amides is 1. The molecule has 0 saturated carbocycles. The van der Waals surface area contributed by atoms with Gasteiger partial charge in [-0.25, -0.2) is 4.79 Å². The maximum atomic E-state index is 12.5. The number of nitrogens with zero attached hydrogens (tertiary/aromatic N) is 1. The fourth-order valence-corrected chi connectivity index (χ4v) is 3.12. The summed E-state index contributed by atoms with van der Waals surface area (Å²) in [6.07, 6.45) is 0. The van der Waals surface area contributed by atoms with Crippen molar-refractivity contribution in [1.82, 2.24) is 9.55 Å². The zero-order valence-corrected chi connectivity index (χ0v) is 15.3. The number of carbonyl (C=O) groups is 1. The average Bonchev–Trinajstić information content (AvgIpc) is 2.57. The van der Waals surface area contributed by atoms with Crippen LogP contribution in [0.5, 0.6) is 0 Å². The molecule has 0 aliphatic carbocycles. The first-order chi connectivity index (χ1) is 11.9. The third-order valence-electron chi connectivity index (χ3n) is 4.00. The number of benzene rings is 2. The maximum absolute atomic E-state index is 12.5. The van der Waals surface area contributed by atoms with Crippen molar-refractivity contribution in [1.29, 1.82) is 0 Å². The summed E-state index contributed by atoms with van der Waals surface area (Å²) in [5.41, 5.74) is 1.48. The molecule has 0 bridgehead atoms. The summed E-state index contributed by atoms with van der Waals surface area (Å²) in [5.74, 6) is -0.312. The molecule has 1 amide bonds. The van der Waals surface area contributed by atoms with Gasteiger partial charge < -0.3 is 10.3 Å². The Labute approximate surface area is 151 Å². The number of H-pyrrole nitrogens is 1. The van der Waals surface area contributed by atoms with E-state index >= 15 is 0 Å². The molecule has 2 aromatic carbocycles. The van der Waals surface area contributed by atoms with Gasteiger partial charge in [0.1, 0.15) is 0 Å². The molecule has 0 unspecified atom stereocenters. The molecule has 1 aromatic heterocycles. The second kappa shape index (κ2) is 6.68. The lowest BCUT2D eigenvalue weighted by molar-refractivity contribution is 0.102. The summed E-state index contributed by atoms with van der Waals surface area (Å²) in [7, 11) is 0. The molecule has 0 aliphatic rings. The van der Waals surface area contributed by atoms with E-state index in [1.807, 2.05) is 19.1 Å². The summed E-state index contributed by atoms with van der Waals surface area (Å²) in [6.45, 7) is 3.91. The van der Waals surface area contributed by atoms with Gasteiger partial charge in [0.2, 0.25) is 0 Å². The van der Waals surface area contributed by atoms with Crippen LogP contribution >= 0.6 is 15.9 Å². The minimum Gasteiger partial charge on any atom is -0.322 e. The highest BCUT2D eigenvalue weighted by molar-refractivity contribution is 9.10. The lowest BCUT2D eigenvalue weighted by atomic mass is 10.1. The summed E-state index contributed by atoms with van der Waals surface area (Å²) in [4.78, 5) is 39.3. The molecule has 0 atom stereocenters.